The molecule has 0 saturated carbocycles. The highest BCUT2D eigenvalue weighted by Crippen LogP contribution is 2.29. The lowest BCUT2D eigenvalue weighted by Gasteiger charge is -2.14. The summed E-state index contributed by atoms with van der Waals surface area (Å²) in [6.45, 7) is 2.11. The van der Waals surface area contributed by atoms with Gasteiger partial charge in [0.2, 0.25) is 0 Å². The first-order chi connectivity index (χ1) is 13.3. The van der Waals surface area contributed by atoms with Crippen LogP contribution in [0.25, 0.3) is 5.69 Å². The van der Waals surface area contributed by atoms with E-state index in [9.17, 15) is 13.2 Å². The highest BCUT2D eigenvalue weighted by atomic mass is 19.4. The molecule has 146 valence electrons. The molecule has 2 aromatic carbocycles. The second-order valence-corrected chi connectivity index (χ2v) is 5.90. The molecule has 0 bridgehead atoms. The van der Waals surface area contributed by atoms with Crippen molar-refractivity contribution in [2.75, 3.05) is 5.32 Å². The van der Waals surface area contributed by atoms with Gasteiger partial charge in [0, 0.05) is 6.20 Å². The van der Waals surface area contributed by atoms with E-state index in [0.29, 0.717) is 0 Å². The predicted molar refractivity (Wildman–Crippen MR) is 100 cm³/mol. The zero-order chi connectivity index (χ0) is 20.1. The van der Waals surface area contributed by atoms with Gasteiger partial charge in [0.25, 0.3) is 0 Å². The molecule has 0 aliphatic rings. The van der Waals surface area contributed by atoms with Crippen LogP contribution < -0.4 is 15.8 Å². The lowest BCUT2D eigenvalue weighted by molar-refractivity contribution is -0.274. The van der Waals surface area contributed by atoms with E-state index in [1.165, 1.54) is 18.2 Å². The quantitative estimate of drug-likeness (QED) is 0.511. The molecular weight excluding hydrogens is 371 g/mol. The van der Waals surface area contributed by atoms with Crippen molar-refractivity contribution < 1.29 is 17.9 Å². The van der Waals surface area contributed by atoms with Crippen LogP contribution in [0.1, 0.15) is 11.3 Å². The van der Waals surface area contributed by atoms with Gasteiger partial charge in [0.15, 0.2) is 11.7 Å². The number of rotatable bonds is 5. The van der Waals surface area contributed by atoms with Crippen molar-refractivity contribution in [1.29, 1.82) is 0 Å². The number of nitrogens with zero attached hydrogens (tertiary/aromatic N) is 3. The van der Waals surface area contributed by atoms with Gasteiger partial charge in [0.1, 0.15) is 0 Å². The van der Waals surface area contributed by atoms with Crippen molar-refractivity contribution in [3.05, 3.63) is 72.1 Å². The number of aromatic nitrogens is 2. The van der Waals surface area contributed by atoms with E-state index in [2.05, 4.69) is 20.1 Å². The maximum Gasteiger partial charge on any atom is 0.573 e. The van der Waals surface area contributed by atoms with Crippen molar-refractivity contribution in [3.8, 4) is 11.4 Å². The third-order valence-electron chi connectivity index (χ3n) is 3.76. The van der Waals surface area contributed by atoms with Crippen molar-refractivity contribution >= 4 is 11.6 Å². The number of benzene rings is 2. The lowest BCUT2D eigenvalue weighted by Crippen LogP contribution is -2.24. The number of aryl methyl sites for hydroxylation is 1. The molecule has 6 nitrogen and oxygen atoms in total. The molecule has 28 heavy (non-hydrogen) atoms. The Morgan fingerprint density at radius 3 is 2.57 bits per heavy atom. The van der Waals surface area contributed by atoms with Gasteiger partial charge in [0.05, 0.1) is 23.6 Å². The van der Waals surface area contributed by atoms with Crippen molar-refractivity contribution in [1.82, 2.24) is 9.78 Å². The highest BCUT2D eigenvalue weighted by molar-refractivity contribution is 5.93. The minimum Gasteiger partial charge on any atom is -0.404 e. The zero-order valence-electron chi connectivity index (χ0n) is 14.9. The summed E-state index contributed by atoms with van der Waals surface area (Å²) in [5.74, 6) is -0.426. The molecular formula is C19H18F3N5O. The Balaban J connectivity index is 1.76. The summed E-state index contributed by atoms with van der Waals surface area (Å²) in [7, 11) is 0. The minimum absolute atomic E-state index is 0.0373. The average Bonchev–Trinajstić information content (AvgIpc) is 3.07. The monoisotopic (exact) mass is 389 g/mol. The number of halogens is 3. The first kappa shape index (κ1) is 19.3. The van der Waals surface area contributed by atoms with Gasteiger partial charge in [-0.1, -0.05) is 30.3 Å². The molecule has 9 heteroatoms. The number of nitrogens with one attached hydrogen (secondary N) is 1. The first-order valence-corrected chi connectivity index (χ1v) is 8.34. The van der Waals surface area contributed by atoms with Crippen LogP contribution in [0.3, 0.4) is 0 Å². The Hall–Kier alpha value is -3.49. The largest absolute Gasteiger partial charge is 0.573 e. The lowest BCUT2D eigenvalue weighted by atomic mass is 10.2. The van der Waals surface area contributed by atoms with Gasteiger partial charge in [-0.25, -0.2) is 9.67 Å². The molecule has 0 aliphatic carbocycles. The molecule has 3 N–H and O–H groups in total. The van der Waals surface area contributed by atoms with Crippen LogP contribution in [-0.2, 0) is 6.54 Å². The molecule has 3 aromatic rings. The van der Waals surface area contributed by atoms with Crippen LogP contribution in [0.15, 0.2) is 65.8 Å². The Kier molecular flexibility index (Phi) is 5.53. The van der Waals surface area contributed by atoms with Crippen LogP contribution in [0.2, 0.25) is 0 Å². The molecule has 0 radical (unpaired) electrons. The van der Waals surface area contributed by atoms with E-state index in [1.54, 1.807) is 10.7 Å². The zero-order valence-corrected chi connectivity index (χ0v) is 14.9. The number of hydrogen-bond donors (Lipinski definition) is 2. The number of aliphatic imine (C=N–C) groups is 1. The number of guanidine groups is 1. The van der Waals surface area contributed by atoms with E-state index in [1.807, 2.05) is 43.5 Å². The third kappa shape index (κ3) is 5.03. The standard InChI is InChI=1S/C19H18F3N5O/c1-13-10-11-27(26-13)16-8-4-2-6-14(16)12-24-18(23)25-15-7-3-5-9-17(15)28-19(20,21)22/h2-11H,12H2,1H3,(H3,23,24,25). The van der Waals surface area contributed by atoms with E-state index in [-0.39, 0.29) is 23.9 Å². The van der Waals surface area contributed by atoms with Crippen LogP contribution in [0.5, 0.6) is 5.75 Å². The van der Waals surface area contributed by atoms with Crippen molar-refractivity contribution in [3.63, 3.8) is 0 Å². The molecule has 1 aromatic heterocycles. The average molecular weight is 389 g/mol. The Labute approximate surface area is 159 Å². The maximum atomic E-state index is 12.5. The first-order valence-electron chi connectivity index (χ1n) is 8.34. The van der Waals surface area contributed by atoms with Crippen LogP contribution in [0.4, 0.5) is 18.9 Å². The second kappa shape index (κ2) is 8.03. The Bertz CT molecular complexity index is 981. The van der Waals surface area contributed by atoms with Gasteiger partial charge in [-0.3, -0.25) is 0 Å². The molecule has 0 spiro atoms. The van der Waals surface area contributed by atoms with E-state index in [4.69, 9.17) is 5.73 Å². The molecule has 1 heterocycles. The summed E-state index contributed by atoms with van der Waals surface area (Å²) in [5.41, 5.74) is 8.50. The number of anilines is 1. The summed E-state index contributed by atoms with van der Waals surface area (Å²) in [6, 6.07) is 15.0. The number of nitrogens with two attached hydrogens (primary N) is 1. The topological polar surface area (TPSA) is 77.5 Å². The van der Waals surface area contributed by atoms with Crippen molar-refractivity contribution in [2.24, 2.45) is 10.7 Å². The van der Waals surface area contributed by atoms with Crippen LogP contribution in [-0.4, -0.2) is 22.1 Å². The maximum absolute atomic E-state index is 12.5. The second-order valence-electron chi connectivity index (χ2n) is 5.90. The Morgan fingerprint density at radius 2 is 1.86 bits per heavy atom. The fourth-order valence-corrected chi connectivity index (χ4v) is 2.55. The SMILES string of the molecule is Cc1ccn(-c2ccccc2CN=C(N)Nc2ccccc2OC(F)(F)F)n1. The van der Waals surface area contributed by atoms with Gasteiger partial charge < -0.3 is 15.8 Å². The van der Waals surface area contributed by atoms with Crippen molar-refractivity contribution in [2.45, 2.75) is 19.8 Å². The number of alkyl halides is 3. The van der Waals surface area contributed by atoms with Crippen LogP contribution in [0, 0.1) is 6.92 Å². The summed E-state index contributed by atoms with van der Waals surface area (Å²) in [4.78, 5) is 4.23. The molecule has 0 aliphatic heterocycles. The number of hydrogen-bond acceptors (Lipinski definition) is 3. The van der Waals surface area contributed by atoms with E-state index < -0.39 is 6.36 Å². The van der Waals surface area contributed by atoms with Gasteiger partial charge in [-0.05, 0) is 36.8 Å². The fraction of sp³-hybridized carbons (Fsp3) is 0.158. The molecule has 3 rings (SSSR count). The summed E-state index contributed by atoms with van der Waals surface area (Å²) in [5, 5.41) is 7.03. The highest BCUT2D eigenvalue weighted by Gasteiger charge is 2.32. The molecule has 0 saturated heterocycles. The van der Waals surface area contributed by atoms with Gasteiger partial charge in [-0.2, -0.15) is 5.10 Å². The number of ether oxygens (including phenoxy) is 1. The summed E-state index contributed by atoms with van der Waals surface area (Å²) in [6.07, 6.45) is -2.96. The Morgan fingerprint density at radius 1 is 1.14 bits per heavy atom. The number of para-hydroxylation sites is 3. The van der Waals surface area contributed by atoms with Gasteiger partial charge >= 0.3 is 6.36 Å². The van der Waals surface area contributed by atoms with E-state index >= 15 is 0 Å². The molecule has 0 fully saturated rings. The summed E-state index contributed by atoms with van der Waals surface area (Å²) < 4.78 is 43.3. The normalized spacial score (nSPS) is 12.1. The fourth-order valence-electron chi connectivity index (χ4n) is 2.55. The predicted octanol–water partition coefficient (Wildman–Crippen LogP) is 4.01. The van der Waals surface area contributed by atoms with E-state index in [0.717, 1.165) is 16.9 Å². The molecule has 0 amide bonds. The molecule has 0 unspecified atom stereocenters. The molecule has 0 atom stereocenters. The smallest absolute Gasteiger partial charge is 0.404 e. The van der Waals surface area contributed by atoms with Crippen LogP contribution >= 0.6 is 0 Å². The van der Waals surface area contributed by atoms with Gasteiger partial charge in [-0.15, -0.1) is 13.2 Å². The summed E-state index contributed by atoms with van der Waals surface area (Å²) >= 11 is 0. The third-order valence-corrected chi connectivity index (χ3v) is 3.76. The minimum atomic E-state index is -4.80.